The highest BCUT2D eigenvalue weighted by molar-refractivity contribution is 6.00. The Morgan fingerprint density at radius 3 is 2.50 bits per heavy atom. The van der Waals surface area contributed by atoms with Crippen LogP contribution in [0.3, 0.4) is 0 Å². The number of hydrogen-bond acceptors (Lipinski definition) is 6. The van der Waals surface area contributed by atoms with Crippen molar-refractivity contribution in [1.82, 2.24) is 0 Å². The van der Waals surface area contributed by atoms with E-state index in [0.717, 1.165) is 11.3 Å². The molecule has 0 unspecified atom stereocenters. The Morgan fingerprint density at radius 2 is 1.83 bits per heavy atom. The predicted octanol–water partition coefficient (Wildman–Crippen LogP) is 2.55. The van der Waals surface area contributed by atoms with Crippen LogP contribution in [0.2, 0.25) is 0 Å². The van der Waals surface area contributed by atoms with Crippen molar-refractivity contribution in [1.29, 1.82) is 0 Å². The zero-order valence-electron chi connectivity index (χ0n) is 17.1. The smallest absolute Gasteiger partial charge is 0.311 e. The second kappa shape index (κ2) is 9.30. The Labute approximate surface area is 174 Å². The molecule has 1 atom stereocenters. The molecule has 0 aromatic heterocycles. The molecule has 158 valence electrons. The van der Waals surface area contributed by atoms with Crippen LogP contribution in [0.1, 0.15) is 12.0 Å². The Kier molecular flexibility index (Phi) is 6.56. The molecule has 2 aromatic carbocycles. The van der Waals surface area contributed by atoms with Crippen molar-refractivity contribution in [3.63, 3.8) is 0 Å². The highest BCUT2D eigenvalue weighted by Crippen LogP contribution is 2.29. The summed E-state index contributed by atoms with van der Waals surface area (Å²) < 4.78 is 15.5. The topological polar surface area (TPSA) is 94.2 Å². The van der Waals surface area contributed by atoms with E-state index in [-0.39, 0.29) is 18.9 Å². The summed E-state index contributed by atoms with van der Waals surface area (Å²) in [6.07, 6.45) is 0.0536. The summed E-state index contributed by atoms with van der Waals surface area (Å²) in [4.78, 5) is 38.5. The lowest BCUT2D eigenvalue weighted by Crippen LogP contribution is -2.28. The minimum atomic E-state index is -0.613. The number of nitrogens with zero attached hydrogens (tertiary/aromatic N) is 1. The maximum atomic E-state index is 12.4. The van der Waals surface area contributed by atoms with Crippen molar-refractivity contribution in [3.8, 4) is 11.5 Å². The minimum absolute atomic E-state index is 0.0536. The molecular formula is C22H24N2O6. The lowest BCUT2D eigenvalue weighted by molar-refractivity contribution is -0.151. The number of carbonyl (C=O) groups is 3. The number of methoxy groups -OCH3 is 2. The van der Waals surface area contributed by atoms with Gasteiger partial charge in [-0.3, -0.25) is 14.4 Å². The fraction of sp³-hybridized carbons (Fsp3) is 0.318. The van der Waals surface area contributed by atoms with Crippen LogP contribution in [0.25, 0.3) is 0 Å². The van der Waals surface area contributed by atoms with Crippen LogP contribution < -0.4 is 19.7 Å². The predicted molar refractivity (Wildman–Crippen MR) is 111 cm³/mol. The summed E-state index contributed by atoms with van der Waals surface area (Å²) in [5, 5.41) is 2.63. The van der Waals surface area contributed by atoms with Crippen molar-refractivity contribution < 1.29 is 28.6 Å². The average molecular weight is 412 g/mol. The van der Waals surface area contributed by atoms with Gasteiger partial charge in [0, 0.05) is 24.7 Å². The van der Waals surface area contributed by atoms with Gasteiger partial charge >= 0.3 is 5.97 Å². The second-order valence-electron chi connectivity index (χ2n) is 6.96. The zero-order valence-corrected chi connectivity index (χ0v) is 17.1. The van der Waals surface area contributed by atoms with E-state index in [1.165, 1.54) is 14.2 Å². The molecule has 8 heteroatoms. The van der Waals surface area contributed by atoms with Gasteiger partial charge in [0.15, 0.2) is 6.61 Å². The van der Waals surface area contributed by atoms with Crippen molar-refractivity contribution in [3.05, 3.63) is 48.0 Å². The van der Waals surface area contributed by atoms with Crippen LogP contribution in [0, 0.1) is 12.8 Å². The monoisotopic (exact) mass is 412 g/mol. The van der Waals surface area contributed by atoms with E-state index in [0.29, 0.717) is 17.2 Å². The molecule has 1 N–H and O–H groups in total. The number of carbonyl (C=O) groups excluding carboxylic acids is 3. The number of aryl methyl sites for hydroxylation is 1. The largest absolute Gasteiger partial charge is 0.497 e. The first-order chi connectivity index (χ1) is 14.4. The number of esters is 1. The third-order valence-electron chi connectivity index (χ3n) is 4.83. The summed E-state index contributed by atoms with van der Waals surface area (Å²) >= 11 is 0. The van der Waals surface area contributed by atoms with Crippen LogP contribution in [0.5, 0.6) is 11.5 Å². The second-order valence-corrected chi connectivity index (χ2v) is 6.96. The summed E-state index contributed by atoms with van der Waals surface area (Å²) in [7, 11) is 2.99. The summed E-state index contributed by atoms with van der Waals surface area (Å²) in [6.45, 7) is 1.72. The van der Waals surface area contributed by atoms with Gasteiger partial charge in [0.25, 0.3) is 5.91 Å². The number of nitrogens with one attached hydrogen (secondary N) is 1. The van der Waals surface area contributed by atoms with Crippen LogP contribution >= 0.6 is 0 Å². The quantitative estimate of drug-likeness (QED) is 0.703. The Hall–Kier alpha value is -3.55. The Morgan fingerprint density at radius 1 is 1.10 bits per heavy atom. The summed E-state index contributed by atoms with van der Waals surface area (Å²) in [5.74, 6) is -0.862. The van der Waals surface area contributed by atoms with Gasteiger partial charge in [-0.1, -0.05) is 17.7 Å². The van der Waals surface area contributed by atoms with E-state index in [2.05, 4.69) is 5.32 Å². The van der Waals surface area contributed by atoms with E-state index in [4.69, 9.17) is 14.2 Å². The molecule has 30 heavy (non-hydrogen) atoms. The number of anilines is 2. The van der Waals surface area contributed by atoms with Gasteiger partial charge in [-0.15, -0.1) is 0 Å². The van der Waals surface area contributed by atoms with Crippen LogP contribution in [0.15, 0.2) is 42.5 Å². The highest BCUT2D eigenvalue weighted by atomic mass is 16.5. The zero-order chi connectivity index (χ0) is 21.7. The first kappa shape index (κ1) is 21.2. The van der Waals surface area contributed by atoms with Gasteiger partial charge < -0.3 is 24.4 Å². The maximum absolute atomic E-state index is 12.4. The van der Waals surface area contributed by atoms with Crippen LogP contribution in [-0.2, 0) is 19.1 Å². The summed E-state index contributed by atoms with van der Waals surface area (Å²) in [6, 6.07) is 12.5. The molecule has 1 saturated heterocycles. The molecule has 0 saturated carbocycles. The lowest BCUT2D eigenvalue weighted by atomic mass is 10.1. The molecular weight excluding hydrogens is 388 g/mol. The van der Waals surface area contributed by atoms with Crippen molar-refractivity contribution >= 4 is 29.2 Å². The van der Waals surface area contributed by atoms with Crippen LogP contribution in [0.4, 0.5) is 11.4 Å². The van der Waals surface area contributed by atoms with Gasteiger partial charge in [-0.05, 0) is 31.2 Å². The Balaban J connectivity index is 1.55. The van der Waals surface area contributed by atoms with Crippen molar-refractivity contribution in [2.45, 2.75) is 13.3 Å². The molecule has 2 aromatic rings. The molecule has 0 spiro atoms. The van der Waals surface area contributed by atoms with Gasteiger partial charge in [0.05, 0.1) is 25.8 Å². The van der Waals surface area contributed by atoms with E-state index in [9.17, 15) is 14.4 Å². The third-order valence-corrected chi connectivity index (χ3v) is 4.83. The normalized spacial score (nSPS) is 15.6. The molecule has 0 bridgehead atoms. The molecule has 3 rings (SSSR count). The fourth-order valence-corrected chi connectivity index (χ4v) is 3.19. The molecule has 0 radical (unpaired) electrons. The fourth-order valence-electron chi connectivity index (χ4n) is 3.19. The highest BCUT2D eigenvalue weighted by Gasteiger charge is 2.36. The Bertz CT molecular complexity index is 941. The molecule has 2 amide bonds. The summed E-state index contributed by atoms with van der Waals surface area (Å²) in [5.41, 5.74) is 2.23. The molecule has 1 aliphatic heterocycles. The van der Waals surface area contributed by atoms with E-state index in [1.54, 1.807) is 23.1 Å². The van der Waals surface area contributed by atoms with E-state index in [1.807, 2.05) is 31.2 Å². The van der Waals surface area contributed by atoms with E-state index < -0.39 is 24.4 Å². The van der Waals surface area contributed by atoms with E-state index >= 15 is 0 Å². The number of hydrogen-bond donors (Lipinski definition) is 1. The third kappa shape index (κ3) is 4.89. The standard InChI is InChI=1S/C22H24N2O6/c1-14-4-6-16(7-5-14)24-12-15(10-21(24)26)22(27)30-13-20(25)23-18-11-17(28-2)8-9-19(18)29-3/h4-9,11,15H,10,12-13H2,1-3H3,(H,23,25)/t15-/m0/s1. The van der Waals surface area contributed by atoms with Crippen molar-refractivity contribution in [2.24, 2.45) is 5.92 Å². The molecule has 0 aliphatic carbocycles. The number of benzene rings is 2. The first-order valence-corrected chi connectivity index (χ1v) is 9.47. The average Bonchev–Trinajstić information content (AvgIpc) is 3.14. The molecule has 1 aliphatic rings. The molecule has 1 fully saturated rings. The number of rotatable bonds is 7. The van der Waals surface area contributed by atoms with Gasteiger partial charge in [0.2, 0.25) is 5.91 Å². The number of amides is 2. The molecule has 1 heterocycles. The molecule has 8 nitrogen and oxygen atoms in total. The number of ether oxygens (including phenoxy) is 3. The maximum Gasteiger partial charge on any atom is 0.311 e. The van der Waals surface area contributed by atoms with Gasteiger partial charge in [0.1, 0.15) is 11.5 Å². The van der Waals surface area contributed by atoms with Crippen LogP contribution in [-0.4, -0.2) is 45.2 Å². The minimum Gasteiger partial charge on any atom is -0.497 e. The van der Waals surface area contributed by atoms with Gasteiger partial charge in [-0.2, -0.15) is 0 Å². The SMILES string of the molecule is COc1ccc(OC)c(NC(=O)COC(=O)[C@H]2CC(=O)N(c3ccc(C)cc3)C2)c1. The lowest BCUT2D eigenvalue weighted by Gasteiger charge is -2.16. The first-order valence-electron chi connectivity index (χ1n) is 9.47. The van der Waals surface area contributed by atoms with Crippen molar-refractivity contribution in [2.75, 3.05) is 37.6 Å². The van der Waals surface area contributed by atoms with Gasteiger partial charge in [-0.25, -0.2) is 0 Å².